The van der Waals surface area contributed by atoms with Crippen molar-refractivity contribution in [1.29, 1.82) is 0 Å². The first-order valence-corrected chi connectivity index (χ1v) is 9.22. The number of benzene rings is 2. The summed E-state index contributed by atoms with van der Waals surface area (Å²) in [6, 6.07) is 12.5. The van der Waals surface area contributed by atoms with Gasteiger partial charge in [0.25, 0.3) is 0 Å². The van der Waals surface area contributed by atoms with Gasteiger partial charge in [-0.3, -0.25) is 0 Å². The molecule has 0 unspecified atom stereocenters. The average molecular weight is 434 g/mol. The SMILES string of the molecule is NCc1ccc(Br)c(S(=O)(=O)NCc2ccc(Br)cc2)c1. The third kappa shape index (κ3) is 4.37. The Kier molecular flexibility index (Phi) is 5.56. The quantitative estimate of drug-likeness (QED) is 0.760. The Balaban J connectivity index is 2.20. The number of halogens is 2. The smallest absolute Gasteiger partial charge is 0.242 e. The molecular formula is C14H14Br2N2O2S. The van der Waals surface area contributed by atoms with E-state index in [9.17, 15) is 8.42 Å². The monoisotopic (exact) mass is 432 g/mol. The van der Waals surface area contributed by atoms with Gasteiger partial charge < -0.3 is 5.73 Å². The fraction of sp³-hybridized carbons (Fsp3) is 0.143. The van der Waals surface area contributed by atoms with Crippen molar-refractivity contribution >= 4 is 41.9 Å². The second-order valence-corrected chi connectivity index (χ2v) is 7.93. The van der Waals surface area contributed by atoms with Crippen LogP contribution in [0.4, 0.5) is 0 Å². The Bertz CT molecular complexity index is 731. The second-order valence-electron chi connectivity index (χ2n) is 4.42. The first-order chi connectivity index (χ1) is 9.92. The molecule has 3 N–H and O–H groups in total. The van der Waals surface area contributed by atoms with Gasteiger partial charge in [-0.25, -0.2) is 13.1 Å². The maximum Gasteiger partial charge on any atom is 0.242 e. The molecule has 2 rings (SSSR count). The molecule has 0 heterocycles. The number of hydrogen-bond donors (Lipinski definition) is 2. The molecule has 0 aromatic heterocycles. The van der Waals surface area contributed by atoms with Gasteiger partial charge in [-0.2, -0.15) is 0 Å². The Hall–Kier alpha value is -0.730. The highest BCUT2D eigenvalue weighted by Gasteiger charge is 2.17. The minimum absolute atomic E-state index is 0.197. The van der Waals surface area contributed by atoms with E-state index in [1.165, 1.54) is 0 Å². The molecule has 7 heteroatoms. The van der Waals surface area contributed by atoms with Gasteiger partial charge >= 0.3 is 0 Å². The molecule has 0 saturated heterocycles. The molecule has 0 radical (unpaired) electrons. The first kappa shape index (κ1) is 16.6. The van der Waals surface area contributed by atoms with Gasteiger partial charge in [-0.1, -0.05) is 34.1 Å². The van der Waals surface area contributed by atoms with Crippen molar-refractivity contribution in [3.63, 3.8) is 0 Å². The largest absolute Gasteiger partial charge is 0.326 e. The van der Waals surface area contributed by atoms with Crippen molar-refractivity contribution in [2.24, 2.45) is 5.73 Å². The number of nitrogens with two attached hydrogens (primary N) is 1. The lowest BCUT2D eigenvalue weighted by molar-refractivity contribution is 0.580. The van der Waals surface area contributed by atoms with Crippen molar-refractivity contribution in [2.45, 2.75) is 18.0 Å². The number of sulfonamides is 1. The molecule has 0 atom stereocenters. The molecule has 2 aromatic carbocycles. The topological polar surface area (TPSA) is 72.2 Å². The van der Waals surface area contributed by atoms with Crippen LogP contribution in [0, 0.1) is 0 Å². The Morgan fingerprint density at radius 1 is 1.00 bits per heavy atom. The van der Waals surface area contributed by atoms with E-state index in [-0.39, 0.29) is 11.4 Å². The van der Waals surface area contributed by atoms with Crippen LogP contribution in [-0.4, -0.2) is 8.42 Å². The molecule has 4 nitrogen and oxygen atoms in total. The Morgan fingerprint density at radius 2 is 1.62 bits per heavy atom. The molecule has 0 aliphatic rings. The lowest BCUT2D eigenvalue weighted by atomic mass is 10.2. The van der Waals surface area contributed by atoms with Crippen molar-refractivity contribution < 1.29 is 8.42 Å². The van der Waals surface area contributed by atoms with Crippen LogP contribution in [0.25, 0.3) is 0 Å². The van der Waals surface area contributed by atoms with Crippen LogP contribution in [0.2, 0.25) is 0 Å². The third-order valence-electron chi connectivity index (χ3n) is 2.90. The van der Waals surface area contributed by atoms with Crippen LogP contribution in [-0.2, 0) is 23.1 Å². The molecule has 0 fully saturated rings. The van der Waals surface area contributed by atoms with Crippen molar-refractivity contribution in [3.8, 4) is 0 Å². The fourth-order valence-electron chi connectivity index (χ4n) is 1.74. The van der Waals surface area contributed by atoms with Crippen molar-refractivity contribution in [2.75, 3.05) is 0 Å². The molecule has 0 spiro atoms. The van der Waals surface area contributed by atoms with Gasteiger partial charge in [-0.05, 0) is 51.3 Å². The molecule has 21 heavy (non-hydrogen) atoms. The van der Waals surface area contributed by atoms with E-state index >= 15 is 0 Å². The van der Waals surface area contributed by atoms with Gasteiger partial charge in [0.1, 0.15) is 0 Å². The summed E-state index contributed by atoms with van der Waals surface area (Å²) in [5.41, 5.74) is 7.20. The van der Waals surface area contributed by atoms with Crippen molar-refractivity contribution in [1.82, 2.24) is 4.72 Å². The number of rotatable bonds is 5. The van der Waals surface area contributed by atoms with Crippen LogP contribution in [0.15, 0.2) is 56.3 Å². The van der Waals surface area contributed by atoms with Gasteiger partial charge in [-0.15, -0.1) is 0 Å². The Morgan fingerprint density at radius 3 is 2.24 bits per heavy atom. The third-order valence-corrected chi connectivity index (χ3v) is 5.82. The molecule has 0 bridgehead atoms. The van der Waals surface area contributed by atoms with E-state index in [2.05, 4.69) is 36.6 Å². The molecule has 0 aliphatic carbocycles. The standard InChI is InChI=1S/C14H14Br2N2O2S/c15-12-4-1-10(2-5-12)9-18-21(19,20)14-7-11(8-17)3-6-13(14)16/h1-7,18H,8-9,17H2. The highest BCUT2D eigenvalue weighted by atomic mass is 79.9. The zero-order chi connectivity index (χ0) is 15.5. The van der Waals surface area contributed by atoms with Crippen LogP contribution in [0.1, 0.15) is 11.1 Å². The minimum atomic E-state index is -3.60. The van der Waals surface area contributed by atoms with E-state index in [1.54, 1.807) is 18.2 Å². The normalized spacial score (nSPS) is 11.6. The van der Waals surface area contributed by atoms with E-state index < -0.39 is 10.0 Å². The van der Waals surface area contributed by atoms with Gasteiger partial charge in [0.05, 0.1) is 4.90 Å². The summed E-state index contributed by atoms with van der Waals surface area (Å²) in [6.07, 6.45) is 0. The Labute approximate surface area is 141 Å². The van der Waals surface area contributed by atoms with Crippen LogP contribution < -0.4 is 10.5 Å². The molecular weight excluding hydrogens is 420 g/mol. The van der Waals surface area contributed by atoms with Crippen LogP contribution in [0.5, 0.6) is 0 Å². The number of hydrogen-bond acceptors (Lipinski definition) is 3. The predicted molar refractivity (Wildman–Crippen MR) is 90.2 cm³/mol. The molecule has 0 amide bonds. The van der Waals surface area contributed by atoms with E-state index in [4.69, 9.17) is 5.73 Å². The zero-order valence-corrected chi connectivity index (χ0v) is 15.0. The predicted octanol–water partition coefficient (Wildman–Crippen LogP) is 3.15. The summed E-state index contributed by atoms with van der Waals surface area (Å²) < 4.78 is 28.8. The van der Waals surface area contributed by atoms with Crippen molar-refractivity contribution in [3.05, 3.63) is 62.5 Å². The number of nitrogens with one attached hydrogen (secondary N) is 1. The molecule has 112 valence electrons. The van der Waals surface area contributed by atoms with Gasteiger partial charge in [0.2, 0.25) is 10.0 Å². The maximum atomic E-state index is 12.4. The molecule has 0 saturated carbocycles. The molecule has 2 aromatic rings. The summed E-state index contributed by atoms with van der Waals surface area (Å²) in [4.78, 5) is 0.197. The summed E-state index contributed by atoms with van der Waals surface area (Å²) in [7, 11) is -3.60. The zero-order valence-electron chi connectivity index (χ0n) is 11.0. The van der Waals surface area contributed by atoms with Gasteiger partial charge in [0.15, 0.2) is 0 Å². The minimum Gasteiger partial charge on any atom is -0.326 e. The summed E-state index contributed by atoms with van der Waals surface area (Å²) in [5.74, 6) is 0. The maximum absolute atomic E-state index is 12.4. The van der Waals surface area contributed by atoms with Crippen LogP contribution in [0.3, 0.4) is 0 Å². The average Bonchev–Trinajstić information content (AvgIpc) is 2.47. The van der Waals surface area contributed by atoms with Gasteiger partial charge in [0, 0.05) is 22.0 Å². The van der Waals surface area contributed by atoms with E-state index in [0.717, 1.165) is 15.6 Å². The summed E-state index contributed by atoms with van der Waals surface area (Å²) >= 11 is 6.61. The fourth-order valence-corrected chi connectivity index (χ4v) is 4.03. The highest BCUT2D eigenvalue weighted by molar-refractivity contribution is 9.10. The second kappa shape index (κ2) is 7.02. The summed E-state index contributed by atoms with van der Waals surface area (Å²) in [6.45, 7) is 0.525. The van der Waals surface area contributed by atoms with E-state index in [0.29, 0.717) is 11.0 Å². The highest BCUT2D eigenvalue weighted by Crippen LogP contribution is 2.23. The first-order valence-electron chi connectivity index (χ1n) is 6.15. The van der Waals surface area contributed by atoms with E-state index in [1.807, 2.05) is 24.3 Å². The van der Waals surface area contributed by atoms with Crippen LogP contribution >= 0.6 is 31.9 Å². The lowest BCUT2D eigenvalue weighted by Crippen LogP contribution is -2.23. The molecule has 0 aliphatic heterocycles. The summed E-state index contributed by atoms with van der Waals surface area (Å²) in [5, 5.41) is 0. The lowest BCUT2D eigenvalue weighted by Gasteiger charge is -2.10.